The Morgan fingerprint density at radius 1 is 0.964 bits per heavy atom. The summed E-state index contributed by atoms with van der Waals surface area (Å²) in [4.78, 5) is 18.5. The summed E-state index contributed by atoms with van der Waals surface area (Å²) in [5.74, 6) is -0.0681. The van der Waals surface area contributed by atoms with Crippen LogP contribution < -0.4 is 0 Å². The molecule has 2 nitrogen and oxygen atoms in total. The van der Waals surface area contributed by atoms with Crippen LogP contribution in [0.25, 0.3) is 21.5 Å². The number of hydrogen-bond donors (Lipinski definition) is 0. The maximum atomic E-state index is 14.3. The van der Waals surface area contributed by atoms with E-state index in [1.54, 1.807) is 6.92 Å². The Labute approximate surface area is 166 Å². The fourth-order valence-corrected chi connectivity index (χ4v) is 2.70. The zero-order chi connectivity index (χ0) is 21.1. The third-order valence-corrected chi connectivity index (χ3v) is 4.18. The number of rotatable bonds is 4. The molecule has 0 atom stereocenters. The molecular weight excluding hydrogens is 351 g/mol. The molecule has 0 fully saturated rings. The van der Waals surface area contributed by atoms with Gasteiger partial charge in [0.25, 0.3) is 0 Å². The molecule has 3 heteroatoms. The second-order valence-electron chi connectivity index (χ2n) is 6.30. The number of aldehydes is 2. The normalized spacial score (nSPS) is 9.57. The number of fused-ring (bicyclic) bond motifs is 3. The van der Waals surface area contributed by atoms with Gasteiger partial charge in [0, 0.05) is 5.39 Å². The molecule has 146 valence electrons. The number of carbonyl (C=O) groups is 2. The molecule has 0 aromatic heterocycles. The summed E-state index contributed by atoms with van der Waals surface area (Å²) in [6, 6.07) is 14.3. The van der Waals surface area contributed by atoms with E-state index >= 15 is 0 Å². The summed E-state index contributed by atoms with van der Waals surface area (Å²) in [6.07, 6.45) is 4.31. The summed E-state index contributed by atoms with van der Waals surface area (Å²) in [5, 5.41) is 4.07. The maximum absolute atomic E-state index is 14.3. The first-order valence-corrected chi connectivity index (χ1v) is 9.22. The minimum Gasteiger partial charge on any atom is -0.299 e. The third kappa shape index (κ3) is 5.98. The monoisotopic (exact) mass is 378 g/mol. The molecule has 0 N–H and O–H groups in total. The van der Waals surface area contributed by atoms with E-state index in [-0.39, 0.29) is 5.82 Å². The topological polar surface area (TPSA) is 34.1 Å². The number of benzene rings is 3. The van der Waals surface area contributed by atoms with E-state index in [0.29, 0.717) is 11.9 Å². The van der Waals surface area contributed by atoms with Crippen LogP contribution in [0.5, 0.6) is 0 Å². The zero-order valence-corrected chi connectivity index (χ0v) is 16.8. The molecule has 0 aliphatic rings. The molecule has 0 spiro atoms. The van der Waals surface area contributed by atoms with Crippen molar-refractivity contribution in [2.45, 2.75) is 33.6 Å². The molecule has 0 bridgehead atoms. The van der Waals surface area contributed by atoms with Gasteiger partial charge < -0.3 is 0 Å². The van der Waals surface area contributed by atoms with Crippen LogP contribution in [0, 0.1) is 5.82 Å². The van der Waals surface area contributed by atoms with Gasteiger partial charge in [-0.05, 0) is 58.7 Å². The molecule has 0 unspecified atom stereocenters. The minimum atomic E-state index is -0.0681. The Balaban J connectivity index is 0.000000369. The van der Waals surface area contributed by atoms with Crippen LogP contribution in [0.4, 0.5) is 4.39 Å². The quantitative estimate of drug-likeness (QED) is 0.299. The molecule has 0 aliphatic carbocycles. The molecule has 0 saturated carbocycles. The Kier molecular flexibility index (Phi) is 9.52. The first-order valence-electron chi connectivity index (χ1n) is 9.22. The molecule has 3 aromatic rings. The van der Waals surface area contributed by atoms with Crippen molar-refractivity contribution in [3.63, 3.8) is 0 Å². The highest BCUT2D eigenvalue weighted by Gasteiger charge is 2.08. The Bertz CT molecular complexity index is 981. The molecule has 0 radical (unpaired) electrons. The van der Waals surface area contributed by atoms with Crippen molar-refractivity contribution in [1.82, 2.24) is 0 Å². The van der Waals surface area contributed by atoms with E-state index in [0.717, 1.165) is 40.8 Å². The number of halogens is 1. The average Bonchev–Trinajstić information content (AvgIpc) is 2.73. The van der Waals surface area contributed by atoms with Crippen LogP contribution in [0.3, 0.4) is 0 Å². The van der Waals surface area contributed by atoms with Gasteiger partial charge in [0.05, 0.1) is 0 Å². The lowest BCUT2D eigenvalue weighted by atomic mass is 9.97. The predicted octanol–water partition coefficient (Wildman–Crippen LogP) is 6.39. The van der Waals surface area contributed by atoms with E-state index in [1.807, 2.05) is 31.2 Å². The summed E-state index contributed by atoms with van der Waals surface area (Å²) >= 11 is 0. The molecule has 0 heterocycles. The van der Waals surface area contributed by atoms with Crippen LogP contribution in [-0.2, 0) is 22.4 Å². The van der Waals surface area contributed by atoms with Crippen LogP contribution >= 0.6 is 0 Å². The predicted molar refractivity (Wildman–Crippen MR) is 117 cm³/mol. The van der Waals surface area contributed by atoms with Crippen molar-refractivity contribution >= 4 is 34.1 Å². The van der Waals surface area contributed by atoms with E-state index in [9.17, 15) is 9.18 Å². The van der Waals surface area contributed by atoms with E-state index in [2.05, 4.69) is 38.3 Å². The fourth-order valence-electron chi connectivity index (χ4n) is 2.70. The Hall–Kier alpha value is -3.07. The van der Waals surface area contributed by atoms with Gasteiger partial charge in [-0.15, -0.1) is 0 Å². The van der Waals surface area contributed by atoms with Gasteiger partial charge >= 0.3 is 0 Å². The average molecular weight is 378 g/mol. The maximum Gasteiger partial charge on any atom is 0.145 e. The fraction of sp³-hybridized carbons (Fsp3) is 0.200. The van der Waals surface area contributed by atoms with Gasteiger partial charge in [-0.25, -0.2) is 4.39 Å². The molecule has 0 saturated heterocycles. The summed E-state index contributed by atoms with van der Waals surface area (Å²) in [7, 11) is 0. The number of hydrogen-bond acceptors (Lipinski definition) is 2. The summed E-state index contributed by atoms with van der Waals surface area (Å²) in [6.45, 7) is 12.2. The molecule has 3 rings (SSSR count). The van der Waals surface area contributed by atoms with E-state index < -0.39 is 0 Å². The van der Waals surface area contributed by atoms with Crippen molar-refractivity contribution < 1.29 is 14.0 Å². The Morgan fingerprint density at radius 2 is 1.54 bits per heavy atom. The molecule has 3 aromatic carbocycles. The molecule has 0 amide bonds. The SMILES string of the molecule is C=C(C)C=O.C=CC=O.CCc1ccc2c(ccc3c(F)c(CC)ccc32)c1. The molecule has 28 heavy (non-hydrogen) atoms. The standard InChI is InChI=1S/C18H17F.C4H6O.C3H4O/c1-3-12-5-8-15-14(11-12)7-10-17-16(15)9-6-13(4-2)18(17)19;1-4(2)3-5;1-2-3-4/h5-11H,3-4H2,1-2H3;3H,1H2,2H3;2-3H,1H2. The summed E-state index contributed by atoms with van der Waals surface area (Å²) in [5.41, 5.74) is 2.68. The highest BCUT2D eigenvalue weighted by Crippen LogP contribution is 2.29. The molecular formula is C25H27FO2. The van der Waals surface area contributed by atoms with Crippen molar-refractivity contribution in [2.24, 2.45) is 0 Å². The highest BCUT2D eigenvalue weighted by molar-refractivity contribution is 6.07. The first kappa shape index (κ1) is 23.0. The second-order valence-corrected chi connectivity index (χ2v) is 6.30. The van der Waals surface area contributed by atoms with Gasteiger partial charge in [0.15, 0.2) is 0 Å². The lowest BCUT2D eigenvalue weighted by Crippen LogP contribution is -1.90. The lowest BCUT2D eigenvalue weighted by Gasteiger charge is -2.09. The molecule has 0 aliphatic heterocycles. The van der Waals surface area contributed by atoms with Gasteiger partial charge in [-0.2, -0.15) is 0 Å². The first-order chi connectivity index (χ1) is 13.4. The van der Waals surface area contributed by atoms with Crippen molar-refractivity contribution in [1.29, 1.82) is 0 Å². The Morgan fingerprint density at radius 3 is 2.04 bits per heavy atom. The van der Waals surface area contributed by atoms with E-state index in [1.165, 1.54) is 17.0 Å². The van der Waals surface area contributed by atoms with Crippen LogP contribution in [0.2, 0.25) is 0 Å². The van der Waals surface area contributed by atoms with Gasteiger partial charge in [0.2, 0.25) is 0 Å². The van der Waals surface area contributed by atoms with Crippen molar-refractivity contribution in [3.05, 3.63) is 84.2 Å². The van der Waals surface area contributed by atoms with E-state index in [4.69, 9.17) is 4.79 Å². The van der Waals surface area contributed by atoms with Gasteiger partial charge in [-0.1, -0.05) is 69.5 Å². The van der Waals surface area contributed by atoms with Gasteiger partial charge in [0.1, 0.15) is 18.4 Å². The van der Waals surface area contributed by atoms with Gasteiger partial charge in [-0.3, -0.25) is 9.59 Å². The smallest absolute Gasteiger partial charge is 0.145 e. The van der Waals surface area contributed by atoms with Crippen molar-refractivity contribution in [3.8, 4) is 0 Å². The number of carbonyl (C=O) groups excluding carboxylic acids is 2. The van der Waals surface area contributed by atoms with Crippen molar-refractivity contribution in [2.75, 3.05) is 0 Å². The number of allylic oxidation sites excluding steroid dienone is 2. The van der Waals surface area contributed by atoms with Crippen LogP contribution in [0.15, 0.2) is 67.3 Å². The van der Waals surface area contributed by atoms with Crippen LogP contribution in [0.1, 0.15) is 31.9 Å². The highest BCUT2D eigenvalue weighted by atomic mass is 19.1. The van der Waals surface area contributed by atoms with Crippen LogP contribution in [-0.4, -0.2) is 12.6 Å². The largest absolute Gasteiger partial charge is 0.299 e. The number of aryl methyl sites for hydroxylation is 2. The second kappa shape index (κ2) is 11.6. The third-order valence-electron chi connectivity index (χ3n) is 4.18. The zero-order valence-electron chi connectivity index (χ0n) is 16.8. The minimum absolute atomic E-state index is 0.0681. The lowest BCUT2D eigenvalue weighted by molar-refractivity contribution is -0.105. The summed E-state index contributed by atoms with van der Waals surface area (Å²) < 4.78 is 14.3.